The Kier molecular flexibility index (Phi) is 4.20. The molecule has 1 aliphatic heterocycles. The lowest BCUT2D eigenvalue weighted by molar-refractivity contribution is 0.318. The molecule has 3 rings (SSSR count). The Morgan fingerprint density at radius 2 is 1.78 bits per heavy atom. The molecule has 1 aromatic carbocycles. The van der Waals surface area contributed by atoms with Gasteiger partial charge >= 0.3 is 0 Å². The molecule has 0 spiro atoms. The molecule has 1 fully saturated rings. The summed E-state index contributed by atoms with van der Waals surface area (Å²) in [5.74, 6) is 3.25. The van der Waals surface area contributed by atoms with Gasteiger partial charge in [0.05, 0.1) is 6.04 Å². The lowest BCUT2D eigenvalue weighted by Crippen LogP contribution is -2.49. The highest BCUT2D eigenvalue weighted by Crippen LogP contribution is 2.40. The zero-order chi connectivity index (χ0) is 16.6. The van der Waals surface area contributed by atoms with Crippen LogP contribution in [0.25, 0.3) is 0 Å². The molecule has 0 bridgehead atoms. The number of anilines is 2. The standard InChI is InChI=1S/C18H25N5/c1-12(2)16-19-17(22(4)5)21-18(20-16)23-11-13(3)15(23)14-9-7-6-8-10-14/h6-10,12-13,15H,11H2,1-5H3/t13-,15-/m1/s1. The number of hydrogen-bond acceptors (Lipinski definition) is 5. The first-order valence-corrected chi connectivity index (χ1v) is 8.22. The highest BCUT2D eigenvalue weighted by molar-refractivity contribution is 5.45. The second kappa shape index (κ2) is 6.14. The average molecular weight is 311 g/mol. The first-order valence-electron chi connectivity index (χ1n) is 8.22. The summed E-state index contributed by atoms with van der Waals surface area (Å²) in [4.78, 5) is 18.2. The number of rotatable bonds is 4. The zero-order valence-corrected chi connectivity index (χ0v) is 14.6. The van der Waals surface area contributed by atoms with Crippen LogP contribution >= 0.6 is 0 Å². The van der Waals surface area contributed by atoms with Crippen LogP contribution in [-0.2, 0) is 0 Å². The summed E-state index contributed by atoms with van der Waals surface area (Å²) < 4.78 is 0. The molecule has 1 aliphatic rings. The fraction of sp³-hybridized carbons (Fsp3) is 0.500. The van der Waals surface area contributed by atoms with Gasteiger partial charge in [-0.3, -0.25) is 0 Å². The van der Waals surface area contributed by atoms with Crippen molar-refractivity contribution in [2.75, 3.05) is 30.4 Å². The maximum atomic E-state index is 4.72. The molecule has 2 heterocycles. The van der Waals surface area contributed by atoms with Crippen molar-refractivity contribution >= 4 is 11.9 Å². The molecule has 1 aromatic heterocycles. The third-order valence-corrected chi connectivity index (χ3v) is 4.30. The van der Waals surface area contributed by atoms with Crippen molar-refractivity contribution in [1.82, 2.24) is 15.0 Å². The van der Waals surface area contributed by atoms with Crippen LogP contribution in [0.4, 0.5) is 11.9 Å². The average Bonchev–Trinajstić information content (AvgIpc) is 2.52. The van der Waals surface area contributed by atoms with Crippen molar-refractivity contribution in [3.8, 4) is 0 Å². The van der Waals surface area contributed by atoms with Crippen molar-refractivity contribution in [2.45, 2.75) is 32.7 Å². The summed E-state index contributed by atoms with van der Waals surface area (Å²) in [6.07, 6.45) is 0. The van der Waals surface area contributed by atoms with E-state index in [4.69, 9.17) is 4.98 Å². The minimum absolute atomic E-state index is 0.282. The molecular formula is C18H25N5. The lowest BCUT2D eigenvalue weighted by Gasteiger charge is -2.47. The molecule has 0 saturated carbocycles. The Morgan fingerprint density at radius 3 is 2.35 bits per heavy atom. The van der Waals surface area contributed by atoms with E-state index in [1.165, 1.54) is 5.56 Å². The van der Waals surface area contributed by atoms with E-state index in [1.807, 2.05) is 19.0 Å². The normalized spacial score (nSPS) is 20.5. The van der Waals surface area contributed by atoms with E-state index in [0.29, 0.717) is 12.0 Å². The molecule has 5 nitrogen and oxygen atoms in total. The molecule has 0 aliphatic carbocycles. The van der Waals surface area contributed by atoms with Crippen LogP contribution in [0.1, 0.15) is 44.1 Å². The summed E-state index contributed by atoms with van der Waals surface area (Å²) in [6, 6.07) is 11.0. The third-order valence-electron chi connectivity index (χ3n) is 4.30. The molecule has 0 amide bonds. The van der Waals surface area contributed by atoms with E-state index in [0.717, 1.165) is 24.3 Å². The Hall–Kier alpha value is -2.17. The molecule has 0 unspecified atom stereocenters. The molecule has 2 atom stereocenters. The summed E-state index contributed by atoms with van der Waals surface area (Å²) >= 11 is 0. The van der Waals surface area contributed by atoms with Crippen LogP contribution in [0.2, 0.25) is 0 Å². The van der Waals surface area contributed by atoms with Crippen LogP contribution in [-0.4, -0.2) is 35.6 Å². The highest BCUT2D eigenvalue weighted by Gasteiger charge is 2.39. The summed E-state index contributed by atoms with van der Waals surface area (Å²) in [5.41, 5.74) is 1.32. The predicted molar refractivity (Wildman–Crippen MR) is 93.9 cm³/mol. The fourth-order valence-corrected chi connectivity index (χ4v) is 3.01. The minimum atomic E-state index is 0.282. The van der Waals surface area contributed by atoms with Crippen LogP contribution in [0.15, 0.2) is 30.3 Å². The third kappa shape index (κ3) is 3.00. The van der Waals surface area contributed by atoms with E-state index in [-0.39, 0.29) is 5.92 Å². The smallest absolute Gasteiger partial charge is 0.230 e. The monoisotopic (exact) mass is 311 g/mol. The van der Waals surface area contributed by atoms with Gasteiger partial charge in [0.25, 0.3) is 0 Å². The van der Waals surface area contributed by atoms with Gasteiger partial charge in [-0.25, -0.2) is 0 Å². The SMILES string of the molecule is CC(C)c1nc(N(C)C)nc(N2C[C@@H](C)[C@@H]2c2ccccc2)n1. The quantitative estimate of drug-likeness (QED) is 0.867. The molecule has 1 saturated heterocycles. The van der Waals surface area contributed by atoms with Gasteiger partial charge in [-0.15, -0.1) is 0 Å². The number of benzene rings is 1. The number of aromatic nitrogens is 3. The van der Waals surface area contributed by atoms with Gasteiger partial charge in [-0.2, -0.15) is 15.0 Å². The van der Waals surface area contributed by atoms with Crippen LogP contribution in [0.5, 0.6) is 0 Å². The largest absolute Gasteiger partial charge is 0.347 e. The van der Waals surface area contributed by atoms with Gasteiger partial charge in [-0.1, -0.05) is 51.1 Å². The Morgan fingerprint density at radius 1 is 1.09 bits per heavy atom. The Balaban J connectivity index is 1.97. The summed E-state index contributed by atoms with van der Waals surface area (Å²) in [6.45, 7) is 7.50. The summed E-state index contributed by atoms with van der Waals surface area (Å²) in [7, 11) is 3.94. The van der Waals surface area contributed by atoms with Crippen LogP contribution < -0.4 is 9.80 Å². The number of nitrogens with zero attached hydrogens (tertiary/aromatic N) is 5. The highest BCUT2D eigenvalue weighted by atomic mass is 15.4. The first kappa shape index (κ1) is 15.7. The van der Waals surface area contributed by atoms with Crippen molar-refractivity contribution in [1.29, 1.82) is 0 Å². The second-order valence-electron chi connectivity index (χ2n) is 6.83. The van der Waals surface area contributed by atoms with Gasteiger partial charge < -0.3 is 9.80 Å². The van der Waals surface area contributed by atoms with E-state index in [1.54, 1.807) is 0 Å². The molecule has 2 aromatic rings. The second-order valence-corrected chi connectivity index (χ2v) is 6.83. The van der Waals surface area contributed by atoms with E-state index in [2.05, 4.69) is 66.0 Å². The Bertz CT molecular complexity index is 642. The lowest BCUT2D eigenvalue weighted by atomic mass is 9.85. The molecule has 23 heavy (non-hydrogen) atoms. The molecule has 0 N–H and O–H groups in total. The van der Waals surface area contributed by atoms with Gasteiger partial charge in [0.15, 0.2) is 0 Å². The topological polar surface area (TPSA) is 45.2 Å². The van der Waals surface area contributed by atoms with Crippen molar-refractivity contribution < 1.29 is 0 Å². The number of hydrogen-bond donors (Lipinski definition) is 0. The zero-order valence-electron chi connectivity index (χ0n) is 14.6. The summed E-state index contributed by atoms with van der Waals surface area (Å²) in [5, 5.41) is 0. The van der Waals surface area contributed by atoms with Crippen molar-refractivity contribution in [3.05, 3.63) is 41.7 Å². The predicted octanol–water partition coefficient (Wildman–Crippen LogP) is 3.26. The van der Waals surface area contributed by atoms with Crippen molar-refractivity contribution in [3.63, 3.8) is 0 Å². The van der Waals surface area contributed by atoms with E-state index < -0.39 is 0 Å². The van der Waals surface area contributed by atoms with Gasteiger partial charge in [-0.05, 0) is 11.5 Å². The van der Waals surface area contributed by atoms with E-state index >= 15 is 0 Å². The van der Waals surface area contributed by atoms with Crippen LogP contribution in [0, 0.1) is 5.92 Å². The van der Waals surface area contributed by atoms with Gasteiger partial charge in [0.2, 0.25) is 11.9 Å². The molecule has 5 heteroatoms. The minimum Gasteiger partial charge on any atom is -0.347 e. The molecule has 0 radical (unpaired) electrons. The van der Waals surface area contributed by atoms with Crippen molar-refractivity contribution in [2.24, 2.45) is 5.92 Å². The molecule has 122 valence electrons. The van der Waals surface area contributed by atoms with Gasteiger partial charge in [0.1, 0.15) is 5.82 Å². The maximum absolute atomic E-state index is 4.72. The fourth-order valence-electron chi connectivity index (χ4n) is 3.01. The Labute approximate surface area is 138 Å². The van der Waals surface area contributed by atoms with Gasteiger partial charge in [0, 0.05) is 26.6 Å². The van der Waals surface area contributed by atoms with E-state index in [9.17, 15) is 0 Å². The van der Waals surface area contributed by atoms with Crippen LogP contribution in [0.3, 0.4) is 0 Å². The molecular weight excluding hydrogens is 286 g/mol. The maximum Gasteiger partial charge on any atom is 0.230 e. The first-order chi connectivity index (χ1) is 11.0.